The molecule has 0 saturated carbocycles. The number of amides is 2. The zero-order valence-corrected chi connectivity index (χ0v) is 15.3. The monoisotopic (exact) mass is 370 g/mol. The van der Waals surface area contributed by atoms with Crippen LogP contribution in [0.3, 0.4) is 0 Å². The zero-order chi connectivity index (χ0) is 18.8. The Morgan fingerprint density at radius 1 is 1.04 bits per heavy atom. The van der Waals surface area contributed by atoms with Crippen molar-refractivity contribution in [1.29, 1.82) is 0 Å². The third-order valence-corrected chi connectivity index (χ3v) is 4.83. The first-order valence-electron chi connectivity index (χ1n) is 8.23. The summed E-state index contributed by atoms with van der Waals surface area (Å²) in [6, 6.07) is 14.2. The fraction of sp³-hybridized carbons (Fsp3) is 0.200. The molecule has 2 amide bonds. The van der Waals surface area contributed by atoms with Crippen LogP contribution in [0.15, 0.2) is 54.2 Å². The second-order valence-corrected chi connectivity index (χ2v) is 6.47. The number of aliphatic hydroxyl groups is 1. The Balaban J connectivity index is 2.16. The minimum atomic E-state index is -0.421. The molecule has 134 valence electrons. The number of carbonyl (C=O) groups excluding carboxylic acids is 2. The molecule has 1 aliphatic rings. The summed E-state index contributed by atoms with van der Waals surface area (Å²) < 4.78 is 0. The summed E-state index contributed by atoms with van der Waals surface area (Å²) >= 11 is 6.18. The van der Waals surface area contributed by atoms with E-state index in [-0.39, 0.29) is 18.8 Å². The van der Waals surface area contributed by atoms with Crippen LogP contribution < -0.4 is 4.90 Å². The third-order valence-electron chi connectivity index (χ3n) is 4.42. The maximum atomic E-state index is 13.2. The van der Waals surface area contributed by atoms with Gasteiger partial charge in [-0.05, 0) is 30.2 Å². The first kappa shape index (κ1) is 18.2. The summed E-state index contributed by atoms with van der Waals surface area (Å²) in [5.74, 6) is -0.818. The Bertz CT molecular complexity index is 893. The molecule has 3 rings (SSSR count). The summed E-state index contributed by atoms with van der Waals surface area (Å²) in [7, 11) is 1.69. The molecule has 0 radical (unpaired) electrons. The van der Waals surface area contributed by atoms with Gasteiger partial charge in [0.2, 0.25) is 0 Å². The number of rotatable bonds is 5. The summed E-state index contributed by atoms with van der Waals surface area (Å²) in [6.45, 7) is 1.89. The predicted molar refractivity (Wildman–Crippen MR) is 102 cm³/mol. The highest BCUT2D eigenvalue weighted by Gasteiger charge is 2.42. The smallest absolute Gasteiger partial charge is 0.282 e. The summed E-state index contributed by atoms with van der Waals surface area (Å²) in [6.07, 6.45) is 0. The normalized spacial score (nSPS) is 14.4. The maximum Gasteiger partial charge on any atom is 0.282 e. The van der Waals surface area contributed by atoms with E-state index in [1.165, 1.54) is 0 Å². The maximum absolute atomic E-state index is 13.2. The molecule has 0 saturated heterocycles. The Hall–Kier alpha value is -2.63. The number of benzene rings is 2. The van der Waals surface area contributed by atoms with Gasteiger partial charge in [-0.2, -0.15) is 0 Å². The van der Waals surface area contributed by atoms with Gasteiger partial charge in [0.1, 0.15) is 5.70 Å². The lowest BCUT2D eigenvalue weighted by Crippen LogP contribution is -2.35. The van der Waals surface area contributed by atoms with Crippen LogP contribution in [0.25, 0.3) is 5.57 Å². The fourth-order valence-electron chi connectivity index (χ4n) is 3.06. The van der Waals surface area contributed by atoms with Crippen molar-refractivity contribution in [3.63, 3.8) is 0 Å². The molecule has 0 aromatic heterocycles. The molecule has 1 N–H and O–H groups in total. The SMILES string of the molecule is Cc1c(Cl)cccc1N1C(=O)C(c2ccccc2)=C(N(C)CCO)C1=O. The van der Waals surface area contributed by atoms with Gasteiger partial charge in [0.05, 0.1) is 17.9 Å². The van der Waals surface area contributed by atoms with Gasteiger partial charge < -0.3 is 10.0 Å². The first-order valence-corrected chi connectivity index (χ1v) is 8.60. The molecular formula is C20H19ClN2O3. The van der Waals surface area contributed by atoms with Crippen molar-refractivity contribution in [2.45, 2.75) is 6.92 Å². The zero-order valence-electron chi connectivity index (χ0n) is 14.6. The third kappa shape index (κ3) is 3.00. The van der Waals surface area contributed by atoms with E-state index in [1.54, 1.807) is 49.2 Å². The second-order valence-electron chi connectivity index (χ2n) is 6.06. The van der Waals surface area contributed by atoms with E-state index in [0.717, 1.165) is 4.90 Å². The van der Waals surface area contributed by atoms with E-state index in [4.69, 9.17) is 11.6 Å². The topological polar surface area (TPSA) is 60.9 Å². The van der Waals surface area contributed by atoms with E-state index < -0.39 is 11.8 Å². The van der Waals surface area contributed by atoms with Crippen LogP contribution in [0.5, 0.6) is 0 Å². The molecule has 6 heteroatoms. The highest BCUT2D eigenvalue weighted by molar-refractivity contribution is 6.45. The number of aliphatic hydroxyl groups excluding tert-OH is 1. The van der Waals surface area contributed by atoms with Crippen molar-refractivity contribution in [2.75, 3.05) is 25.1 Å². The molecule has 26 heavy (non-hydrogen) atoms. The highest BCUT2D eigenvalue weighted by Crippen LogP contribution is 2.36. The van der Waals surface area contributed by atoms with E-state index >= 15 is 0 Å². The lowest BCUT2D eigenvalue weighted by atomic mass is 10.0. The van der Waals surface area contributed by atoms with E-state index in [0.29, 0.717) is 27.4 Å². The average Bonchev–Trinajstić information content (AvgIpc) is 2.89. The van der Waals surface area contributed by atoms with Crippen LogP contribution in [0.1, 0.15) is 11.1 Å². The largest absolute Gasteiger partial charge is 0.395 e. The number of likely N-dealkylation sites (N-methyl/N-ethyl adjacent to an activating group) is 1. The van der Waals surface area contributed by atoms with Crippen molar-refractivity contribution in [3.8, 4) is 0 Å². The van der Waals surface area contributed by atoms with Crippen LogP contribution >= 0.6 is 11.6 Å². The number of carbonyl (C=O) groups is 2. The Labute approximate surface area is 157 Å². The molecule has 1 heterocycles. The number of nitrogens with zero attached hydrogens (tertiary/aromatic N) is 2. The summed E-state index contributed by atoms with van der Waals surface area (Å²) in [4.78, 5) is 29.1. The molecule has 0 bridgehead atoms. The van der Waals surface area contributed by atoms with Crippen LogP contribution in [0.2, 0.25) is 5.02 Å². The average molecular weight is 371 g/mol. The fourth-order valence-corrected chi connectivity index (χ4v) is 3.23. The van der Waals surface area contributed by atoms with Crippen LogP contribution in [-0.2, 0) is 9.59 Å². The van der Waals surface area contributed by atoms with Gasteiger partial charge in [-0.15, -0.1) is 0 Å². The number of halogens is 1. The molecule has 0 fully saturated rings. The van der Waals surface area contributed by atoms with Crippen molar-refractivity contribution in [3.05, 3.63) is 70.4 Å². The van der Waals surface area contributed by atoms with Gasteiger partial charge in [0.15, 0.2) is 0 Å². The van der Waals surface area contributed by atoms with Crippen molar-refractivity contribution in [1.82, 2.24) is 4.90 Å². The molecule has 0 aliphatic carbocycles. The van der Waals surface area contributed by atoms with E-state index in [2.05, 4.69) is 0 Å². The van der Waals surface area contributed by atoms with Crippen LogP contribution in [-0.4, -0.2) is 42.0 Å². The van der Waals surface area contributed by atoms with Gasteiger partial charge >= 0.3 is 0 Å². The van der Waals surface area contributed by atoms with Crippen molar-refractivity contribution >= 4 is 34.7 Å². The minimum Gasteiger partial charge on any atom is -0.395 e. The minimum absolute atomic E-state index is 0.125. The Morgan fingerprint density at radius 3 is 2.38 bits per heavy atom. The molecule has 0 unspecified atom stereocenters. The van der Waals surface area contributed by atoms with Crippen LogP contribution in [0.4, 0.5) is 5.69 Å². The molecule has 2 aromatic rings. The van der Waals surface area contributed by atoms with Crippen molar-refractivity contribution in [2.24, 2.45) is 0 Å². The number of hydrogen-bond acceptors (Lipinski definition) is 4. The molecule has 0 atom stereocenters. The summed E-state index contributed by atoms with van der Waals surface area (Å²) in [5.41, 5.74) is 2.39. The quantitative estimate of drug-likeness (QED) is 0.822. The van der Waals surface area contributed by atoms with Gasteiger partial charge in [-0.1, -0.05) is 48.0 Å². The van der Waals surface area contributed by atoms with Gasteiger partial charge in [-0.25, -0.2) is 4.90 Å². The van der Waals surface area contributed by atoms with E-state index in [1.807, 2.05) is 18.2 Å². The predicted octanol–water partition coefficient (Wildman–Crippen LogP) is 2.86. The number of anilines is 1. The first-order chi connectivity index (χ1) is 12.5. The molecule has 2 aromatic carbocycles. The molecule has 0 spiro atoms. The molecule has 5 nitrogen and oxygen atoms in total. The Morgan fingerprint density at radius 2 is 1.73 bits per heavy atom. The van der Waals surface area contributed by atoms with Crippen LogP contribution in [0, 0.1) is 6.92 Å². The Kier molecular flexibility index (Phi) is 5.11. The van der Waals surface area contributed by atoms with Gasteiger partial charge in [0, 0.05) is 18.6 Å². The number of imide groups is 1. The lowest BCUT2D eigenvalue weighted by molar-refractivity contribution is -0.120. The number of hydrogen-bond donors (Lipinski definition) is 1. The highest BCUT2D eigenvalue weighted by atomic mass is 35.5. The van der Waals surface area contributed by atoms with Gasteiger partial charge in [-0.3, -0.25) is 9.59 Å². The summed E-state index contributed by atoms with van der Waals surface area (Å²) in [5, 5.41) is 9.77. The van der Waals surface area contributed by atoms with Gasteiger partial charge in [0.25, 0.3) is 11.8 Å². The molecular weight excluding hydrogens is 352 g/mol. The van der Waals surface area contributed by atoms with Crippen molar-refractivity contribution < 1.29 is 14.7 Å². The van der Waals surface area contributed by atoms with E-state index in [9.17, 15) is 14.7 Å². The second kappa shape index (κ2) is 7.32. The lowest BCUT2D eigenvalue weighted by Gasteiger charge is -2.21. The molecule has 1 aliphatic heterocycles. The standard InChI is InChI=1S/C20H19ClN2O3/c1-13-15(21)9-6-10-16(13)23-19(25)17(14-7-4-3-5-8-14)18(20(23)26)22(2)11-12-24/h3-10,24H,11-12H2,1-2H3.